The maximum absolute atomic E-state index is 14.7. The molecule has 3 aliphatic rings. The molecular formula is C34H45N6O10P. The molecule has 1 aromatic carbocycles. The molecule has 4 heterocycles. The lowest BCUT2D eigenvalue weighted by atomic mass is 9.87. The monoisotopic (exact) mass is 728 g/mol. The van der Waals surface area contributed by atoms with Gasteiger partial charge in [-0.3, -0.25) is 9.32 Å². The zero-order valence-electron chi connectivity index (χ0n) is 29.8. The fraction of sp³-hybridized carbons (Fsp3) is 0.588. The summed E-state index contributed by atoms with van der Waals surface area (Å²) in [5.41, 5.74) is 4.70. The van der Waals surface area contributed by atoms with Crippen LogP contribution in [0.3, 0.4) is 0 Å². The topological polar surface area (TPSA) is 200 Å². The highest BCUT2D eigenvalue weighted by molar-refractivity contribution is 7.52. The van der Waals surface area contributed by atoms with Crippen LogP contribution in [0.15, 0.2) is 42.7 Å². The number of nitrogen functional groups attached to an aromatic ring is 1. The van der Waals surface area contributed by atoms with Crippen molar-refractivity contribution < 1.29 is 46.8 Å². The van der Waals surface area contributed by atoms with Gasteiger partial charge in [0, 0.05) is 6.61 Å². The van der Waals surface area contributed by atoms with Gasteiger partial charge in [-0.1, -0.05) is 32.9 Å². The van der Waals surface area contributed by atoms with Crippen molar-refractivity contribution >= 4 is 25.1 Å². The van der Waals surface area contributed by atoms with E-state index in [0.717, 1.165) is 5.56 Å². The first-order valence-electron chi connectivity index (χ1n) is 16.8. The Bertz CT molecular complexity index is 1840. The summed E-state index contributed by atoms with van der Waals surface area (Å²) < 4.78 is 63.7. The number of aromatic nitrogens is 3. The standard InChI is InChI=1S/C34H45N6O10P/c1-8-43-15-16-44-17-18-45-29(41)21(2)39-51(42,48-23-11-9-22(10-12-23)31(3,4)5)49-27-26-34(27)30(47-32(6,7)50-34)33(19-35,46-26)25-14-13-24-28(36)37-20-38-40(24)25/h9-14,20-21,26-27,30H,8,15-18H2,1-7H3,(H,39,42)(H2,36,37,38)/t21-,26+,27?,30-,33-,34-,51?/m0/s1. The molecular weight excluding hydrogens is 683 g/mol. The number of nitriles is 1. The van der Waals surface area contributed by atoms with Crippen LogP contribution in [0, 0.1) is 11.3 Å². The van der Waals surface area contributed by atoms with Crippen molar-refractivity contribution in [2.75, 3.05) is 38.8 Å². The second-order valence-electron chi connectivity index (χ2n) is 14.1. The summed E-state index contributed by atoms with van der Waals surface area (Å²) in [5.74, 6) is -1.44. The SMILES string of the molecule is CCOCCOCCOC(=O)[C@H](C)NP(=O)(Oc1ccc(C(C)(C)C)cc1)OC1[C@H]2O[C@@](C#N)(c3ccc4c(N)ncnn34)[C@@H]3OC(C)(C)O[C@]123. The molecule has 3 aromatic rings. The van der Waals surface area contributed by atoms with Crippen molar-refractivity contribution in [1.82, 2.24) is 19.7 Å². The van der Waals surface area contributed by atoms with E-state index in [2.05, 4.69) is 42.0 Å². The van der Waals surface area contributed by atoms with Gasteiger partial charge in [-0.25, -0.2) is 14.1 Å². The average Bonchev–Trinajstić information content (AvgIpc) is 3.39. The van der Waals surface area contributed by atoms with Gasteiger partial charge in [-0.05, 0) is 62.9 Å². The number of carbonyl (C=O) groups is 1. The van der Waals surface area contributed by atoms with Crippen LogP contribution in [0.4, 0.5) is 5.82 Å². The third-order valence-electron chi connectivity index (χ3n) is 8.95. The molecule has 3 fully saturated rings. The molecule has 0 bridgehead atoms. The Morgan fingerprint density at radius 1 is 1.12 bits per heavy atom. The minimum Gasteiger partial charge on any atom is -0.462 e. The summed E-state index contributed by atoms with van der Waals surface area (Å²) in [6.07, 6.45) is -1.74. The number of esters is 1. The summed E-state index contributed by atoms with van der Waals surface area (Å²) >= 11 is 0. The van der Waals surface area contributed by atoms with Crippen LogP contribution in [0.5, 0.6) is 5.75 Å². The number of ether oxygens (including phenoxy) is 6. The Kier molecular flexibility index (Phi) is 9.99. The Balaban J connectivity index is 1.25. The number of nitrogens with zero attached hydrogens (tertiary/aromatic N) is 4. The Hall–Kier alpha value is -3.65. The van der Waals surface area contributed by atoms with E-state index < -0.39 is 55.1 Å². The quantitative estimate of drug-likeness (QED) is 0.130. The number of carbonyl (C=O) groups excluding carboxylic acids is 1. The summed E-state index contributed by atoms with van der Waals surface area (Å²) in [5, 5.41) is 17.7. The number of nitrogens with two attached hydrogens (primary N) is 1. The highest BCUT2D eigenvalue weighted by Gasteiger charge is 2.89. The number of hydrogen-bond acceptors (Lipinski definition) is 14. The summed E-state index contributed by atoms with van der Waals surface area (Å²) in [4.78, 5) is 17.0. The van der Waals surface area contributed by atoms with Crippen LogP contribution >= 0.6 is 7.75 Å². The van der Waals surface area contributed by atoms with Gasteiger partial charge in [0.2, 0.25) is 5.60 Å². The zero-order valence-corrected chi connectivity index (χ0v) is 30.7. The molecule has 16 nitrogen and oxygen atoms in total. The van der Waals surface area contributed by atoms with Gasteiger partial charge in [0.1, 0.15) is 54.6 Å². The van der Waals surface area contributed by atoms with E-state index in [0.29, 0.717) is 31.0 Å². The van der Waals surface area contributed by atoms with E-state index >= 15 is 0 Å². The fourth-order valence-corrected chi connectivity index (χ4v) is 8.21. The van der Waals surface area contributed by atoms with Crippen LogP contribution < -0.4 is 15.3 Å². The number of benzene rings is 1. The molecule has 0 amide bonds. The number of rotatable bonds is 15. The lowest BCUT2D eigenvalue weighted by molar-refractivity contribution is -0.188. The zero-order chi connectivity index (χ0) is 36.8. The lowest BCUT2D eigenvalue weighted by Crippen LogP contribution is -2.46. The smallest absolute Gasteiger partial charge is 0.459 e. The van der Waals surface area contributed by atoms with Gasteiger partial charge in [-0.15, -0.1) is 0 Å². The normalized spacial score (nSPS) is 28.0. The highest BCUT2D eigenvalue weighted by Crippen LogP contribution is 2.69. The molecule has 1 spiro atoms. The molecule has 0 radical (unpaired) electrons. The van der Waals surface area contributed by atoms with Gasteiger partial charge >= 0.3 is 13.7 Å². The molecule has 1 aliphatic carbocycles. The van der Waals surface area contributed by atoms with Crippen molar-refractivity contribution in [3.8, 4) is 11.8 Å². The van der Waals surface area contributed by atoms with Crippen LogP contribution in [0.1, 0.15) is 59.7 Å². The lowest BCUT2D eigenvalue weighted by Gasteiger charge is -2.31. The molecule has 2 unspecified atom stereocenters. The predicted molar refractivity (Wildman–Crippen MR) is 181 cm³/mol. The molecule has 276 valence electrons. The van der Waals surface area contributed by atoms with Crippen LogP contribution in [-0.2, 0) is 53.3 Å². The van der Waals surface area contributed by atoms with E-state index in [1.165, 1.54) is 17.8 Å². The van der Waals surface area contributed by atoms with Gasteiger partial charge in [0.25, 0.3) is 0 Å². The van der Waals surface area contributed by atoms with E-state index in [1.54, 1.807) is 38.1 Å². The first-order chi connectivity index (χ1) is 24.1. The highest BCUT2D eigenvalue weighted by atomic mass is 31.2. The molecule has 2 aromatic heterocycles. The van der Waals surface area contributed by atoms with E-state index in [9.17, 15) is 14.6 Å². The third kappa shape index (κ3) is 6.97. The first kappa shape index (κ1) is 37.1. The van der Waals surface area contributed by atoms with Crippen molar-refractivity contribution in [3.05, 3.63) is 54.0 Å². The largest absolute Gasteiger partial charge is 0.462 e. The van der Waals surface area contributed by atoms with E-state index in [-0.39, 0.29) is 30.2 Å². The Labute approximate surface area is 296 Å². The summed E-state index contributed by atoms with van der Waals surface area (Å²) in [6, 6.07) is 11.6. The summed E-state index contributed by atoms with van der Waals surface area (Å²) in [7, 11) is -4.40. The minimum absolute atomic E-state index is 0.0257. The van der Waals surface area contributed by atoms with Crippen molar-refractivity contribution in [3.63, 3.8) is 0 Å². The number of nitrogens with one attached hydrogen (secondary N) is 1. The van der Waals surface area contributed by atoms with E-state index in [1.807, 2.05) is 19.1 Å². The molecule has 7 atom stereocenters. The van der Waals surface area contributed by atoms with Crippen LogP contribution in [0.25, 0.3) is 5.52 Å². The Morgan fingerprint density at radius 3 is 2.51 bits per heavy atom. The molecule has 2 aliphatic heterocycles. The molecule has 17 heteroatoms. The molecule has 1 saturated carbocycles. The fourth-order valence-electron chi connectivity index (χ4n) is 6.50. The minimum atomic E-state index is -4.40. The van der Waals surface area contributed by atoms with Gasteiger partial charge in [0.15, 0.2) is 17.2 Å². The van der Waals surface area contributed by atoms with Gasteiger partial charge in [0.05, 0.1) is 25.5 Å². The van der Waals surface area contributed by atoms with Crippen LogP contribution in [0.2, 0.25) is 0 Å². The van der Waals surface area contributed by atoms with Gasteiger partial charge < -0.3 is 38.7 Å². The number of fused-ring (bicyclic) bond motifs is 1. The van der Waals surface area contributed by atoms with Crippen molar-refractivity contribution in [2.45, 2.75) is 95.2 Å². The average molecular weight is 729 g/mol. The van der Waals surface area contributed by atoms with Crippen molar-refractivity contribution in [2.24, 2.45) is 0 Å². The maximum atomic E-state index is 14.7. The molecule has 6 rings (SSSR count). The first-order valence-corrected chi connectivity index (χ1v) is 18.4. The third-order valence-corrected chi connectivity index (χ3v) is 10.6. The number of anilines is 1. The second-order valence-corrected chi connectivity index (χ2v) is 15.8. The van der Waals surface area contributed by atoms with Crippen LogP contribution in [-0.4, -0.2) is 89.3 Å². The maximum Gasteiger partial charge on any atom is 0.459 e. The molecule has 2 saturated heterocycles. The van der Waals surface area contributed by atoms with Gasteiger partial charge in [-0.2, -0.15) is 15.4 Å². The Morgan fingerprint density at radius 2 is 1.82 bits per heavy atom. The predicted octanol–water partition coefficient (Wildman–Crippen LogP) is 3.78. The van der Waals surface area contributed by atoms with Crippen molar-refractivity contribution in [1.29, 1.82) is 5.26 Å². The molecule has 3 N–H and O–H groups in total. The summed E-state index contributed by atoms with van der Waals surface area (Å²) in [6.45, 7) is 14.5. The second kappa shape index (κ2) is 13.7. The number of hydrogen-bond donors (Lipinski definition) is 2. The van der Waals surface area contributed by atoms with E-state index in [4.69, 9.17) is 43.2 Å². The molecule has 51 heavy (non-hydrogen) atoms.